The van der Waals surface area contributed by atoms with Gasteiger partial charge in [0.2, 0.25) is 0 Å². The second-order valence-corrected chi connectivity index (χ2v) is 7.20. The molecule has 1 aliphatic heterocycles. The summed E-state index contributed by atoms with van der Waals surface area (Å²) in [4.78, 5) is 27.4. The monoisotopic (exact) mass is 416 g/mol. The highest BCUT2D eigenvalue weighted by molar-refractivity contribution is 6.06. The van der Waals surface area contributed by atoms with Crippen LogP contribution in [0.15, 0.2) is 78.9 Å². The van der Waals surface area contributed by atoms with Gasteiger partial charge in [0.1, 0.15) is 12.4 Å². The van der Waals surface area contributed by atoms with Gasteiger partial charge < -0.3 is 19.7 Å². The molecule has 0 radical (unpaired) electrons. The maximum Gasteiger partial charge on any atom is 0.256 e. The molecule has 1 heterocycles. The van der Waals surface area contributed by atoms with E-state index in [0.29, 0.717) is 43.1 Å². The Morgan fingerprint density at radius 2 is 1.65 bits per heavy atom. The van der Waals surface area contributed by atoms with Gasteiger partial charge in [0.25, 0.3) is 11.8 Å². The van der Waals surface area contributed by atoms with Gasteiger partial charge in [-0.3, -0.25) is 9.59 Å². The van der Waals surface area contributed by atoms with E-state index in [1.54, 1.807) is 35.2 Å². The third-order valence-corrected chi connectivity index (χ3v) is 5.07. The SMILES string of the molecule is O=C(Nc1cccc(C(=O)N2CCOCC2)c1)c1ccccc1COc1ccccc1. The number of anilines is 1. The molecule has 6 nitrogen and oxygen atoms in total. The molecule has 0 atom stereocenters. The Morgan fingerprint density at radius 3 is 2.45 bits per heavy atom. The zero-order valence-corrected chi connectivity index (χ0v) is 17.1. The summed E-state index contributed by atoms with van der Waals surface area (Å²) in [6.45, 7) is 2.52. The van der Waals surface area contributed by atoms with Gasteiger partial charge in [-0.2, -0.15) is 0 Å². The Hall–Kier alpha value is -3.64. The first-order valence-electron chi connectivity index (χ1n) is 10.2. The fraction of sp³-hybridized carbons (Fsp3) is 0.200. The number of rotatable bonds is 6. The second-order valence-electron chi connectivity index (χ2n) is 7.20. The molecule has 1 saturated heterocycles. The third-order valence-electron chi connectivity index (χ3n) is 5.07. The van der Waals surface area contributed by atoms with Crippen LogP contribution in [0.3, 0.4) is 0 Å². The summed E-state index contributed by atoms with van der Waals surface area (Å²) < 4.78 is 11.1. The lowest BCUT2D eigenvalue weighted by molar-refractivity contribution is 0.0303. The lowest BCUT2D eigenvalue weighted by atomic mass is 10.1. The molecular formula is C25H24N2O4. The van der Waals surface area contributed by atoms with Crippen LogP contribution in [0.2, 0.25) is 0 Å². The maximum atomic E-state index is 13.0. The van der Waals surface area contributed by atoms with E-state index >= 15 is 0 Å². The van der Waals surface area contributed by atoms with E-state index in [1.165, 1.54) is 0 Å². The van der Waals surface area contributed by atoms with Crippen molar-refractivity contribution < 1.29 is 19.1 Å². The molecule has 2 amide bonds. The number of benzene rings is 3. The van der Waals surface area contributed by atoms with Crippen LogP contribution in [-0.4, -0.2) is 43.0 Å². The minimum Gasteiger partial charge on any atom is -0.489 e. The highest BCUT2D eigenvalue weighted by atomic mass is 16.5. The predicted molar refractivity (Wildman–Crippen MR) is 118 cm³/mol. The fourth-order valence-corrected chi connectivity index (χ4v) is 3.42. The number of carbonyl (C=O) groups is 2. The Labute approximate surface area is 181 Å². The summed E-state index contributed by atoms with van der Waals surface area (Å²) in [5.41, 5.74) is 2.43. The van der Waals surface area contributed by atoms with Gasteiger partial charge in [-0.1, -0.05) is 42.5 Å². The molecule has 158 valence electrons. The van der Waals surface area contributed by atoms with E-state index < -0.39 is 0 Å². The van der Waals surface area contributed by atoms with Gasteiger partial charge in [-0.15, -0.1) is 0 Å². The van der Waals surface area contributed by atoms with Crippen molar-refractivity contribution in [1.29, 1.82) is 0 Å². The van der Waals surface area contributed by atoms with Crippen LogP contribution in [0.4, 0.5) is 5.69 Å². The standard InChI is InChI=1S/C25H24N2O4/c28-24(23-12-5-4-7-20(23)18-31-22-10-2-1-3-11-22)26-21-9-6-8-19(17-21)25(29)27-13-15-30-16-14-27/h1-12,17H,13-16,18H2,(H,26,28). The lowest BCUT2D eigenvalue weighted by Crippen LogP contribution is -2.40. The molecule has 1 N–H and O–H groups in total. The number of ether oxygens (including phenoxy) is 2. The molecule has 1 aliphatic rings. The highest BCUT2D eigenvalue weighted by Crippen LogP contribution is 2.18. The summed E-state index contributed by atoms with van der Waals surface area (Å²) in [6.07, 6.45) is 0. The molecule has 31 heavy (non-hydrogen) atoms. The Bertz CT molecular complexity index is 1050. The molecule has 6 heteroatoms. The van der Waals surface area contributed by atoms with Crippen LogP contribution < -0.4 is 10.1 Å². The predicted octanol–water partition coefficient (Wildman–Crippen LogP) is 3.99. The van der Waals surface area contributed by atoms with Crippen molar-refractivity contribution in [2.75, 3.05) is 31.6 Å². The first kappa shape index (κ1) is 20.6. The van der Waals surface area contributed by atoms with Crippen molar-refractivity contribution in [2.45, 2.75) is 6.61 Å². The van der Waals surface area contributed by atoms with Gasteiger partial charge in [0.15, 0.2) is 0 Å². The zero-order valence-electron chi connectivity index (χ0n) is 17.1. The first-order chi connectivity index (χ1) is 15.2. The van der Waals surface area contributed by atoms with Gasteiger partial charge in [0, 0.05) is 35.5 Å². The first-order valence-corrected chi connectivity index (χ1v) is 10.2. The van der Waals surface area contributed by atoms with Crippen molar-refractivity contribution in [3.8, 4) is 5.75 Å². The number of carbonyl (C=O) groups excluding carboxylic acids is 2. The van der Waals surface area contributed by atoms with Crippen LogP contribution in [-0.2, 0) is 11.3 Å². The molecule has 4 rings (SSSR count). The van der Waals surface area contributed by atoms with Gasteiger partial charge in [0.05, 0.1) is 13.2 Å². The van der Waals surface area contributed by atoms with Crippen LogP contribution in [0.25, 0.3) is 0 Å². The third kappa shape index (κ3) is 5.29. The van der Waals surface area contributed by atoms with E-state index in [0.717, 1.165) is 11.3 Å². The molecule has 0 bridgehead atoms. The van der Waals surface area contributed by atoms with Crippen molar-refractivity contribution in [2.24, 2.45) is 0 Å². The van der Waals surface area contributed by atoms with Crippen LogP contribution in [0.5, 0.6) is 5.75 Å². The number of hydrogen-bond acceptors (Lipinski definition) is 4. The Balaban J connectivity index is 1.45. The van der Waals surface area contributed by atoms with Gasteiger partial charge in [-0.25, -0.2) is 0 Å². The summed E-state index contributed by atoms with van der Waals surface area (Å²) in [5.74, 6) is 0.436. The molecule has 0 aromatic heterocycles. The number of nitrogens with zero attached hydrogens (tertiary/aromatic N) is 1. The minimum atomic E-state index is -0.247. The topological polar surface area (TPSA) is 67.9 Å². The molecule has 0 saturated carbocycles. The molecule has 3 aromatic carbocycles. The quantitative estimate of drug-likeness (QED) is 0.660. The summed E-state index contributed by atoms with van der Waals surface area (Å²) in [7, 11) is 0. The Kier molecular flexibility index (Phi) is 6.59. The van der Waals surface area contributed by atoms with Crippen molar-refractivity contribution in [1.82, 2.24) is 4.90 Å². The van der Waals surface area contributed by atoms with Crippen molar-refractivity contribution in [3.63, 3.8) is 0 Å². The molecule has 3 aromatic rings. The highest BCUT2D eigenvalue weighted by Gasteiger charge is 2.19. The van der Waals surface area contributed by atoms with E-state index in [1.807, 2.05) is 48.5 Å². The molecule has 0 unspecified atom stereocenters. The van der Waals surface area contributed by atoms with E-state index in [-0.39, 0.29) is 18.4 Å². The Morgan fingerprint density at radius 1 is 0.903 bits per heavy atom. The van der Waals surface area contributed by atoms with E-state index in [9.17, 15) is 9.59 Å². The number of nitrogens with one attached hydrogen (secondary N) is 1. The number of morpholine rings is 1. The van der Waals surface area contributed by atoms with Crippen LogP contribution in [0, 0.1) is 0 Å². The molecular weight excluding hydrogens is 392 g/mol. The number of para-hydroxylation sites is 1. The smallest absolute Gasteiger partial charge is 0.256 e. The summed E-state index contributed by atoms with van der Waals surface area (Å²) >= 11 is 0. The maximum absolute atomic E-state index is 13.0. The van der Waals surface area contributed by atoms with Crippen LogP contribution in [0.1, 0.15) is 26.3 Å². The largest absolute Gasteiger partial charge is 0.489 e. The number of hydrogen-bond donors (Lipinski definition) is 1. The molecule has 1 fully saturated rings. The second kappa shape index (κ2) is 9.91. The van der Waals surface area contributed by atoms with Gasteiger partial charge >= 0.3 is 0 Å². The van der Waals surface area contributed by atoms with Crippen molar-refractivity contribution in [3.05, 3.63) is 95.6 Å². The van der Waals surface area contributed by atoms with E-state index in [4.69, 9.17) is 9.47 Å². The molecule has 0 aliphatic carbocycles. The zero-order chi connectivity index (χ0) is 21.5. The van der Waals surface area contributed by atoms with Crippen molar-refractivity contribution >= 4 is 17.5 Å². The molecule has 0 spiro atoms. The van der Waals surface area contributed by atoms with Crippen LogP contribution >= 0.6 is 0 Å². The summed E-state index contributed by atoms with van der Waals surface area (Å²) in [6, 6.07) is 23.8. The normalized spacial score (nSPS) is 13.5. The van der Waals surface area contributed by atoms with E-state index in [2.05, 4.69) is 5.32 Å². The average molecular weight is 416 g/mol. The number of amides is 2. The lowest BCUT2D eigenvalue weighted by Gasteiger charge is -2.27. The fourth-order valence-electron chi connectivity index (χ4n) is 3.42. The average Bonchev–Trinajstić information content (AvgIpc) is 2.84. The summed E-state index contributed by atoms with van der Waals surface area (Å²) in [5, 5.41) is 2.91. The van der Waals surface area contributed by atoms with Gasteiger partial charge in [-0.05, 0) is 36.4 Å². The minimum absolute atomic E-state index is 0.0592.